The van der Waals surface area contributed by atoms with Crippen molar-refractivity contribution in [2.75, 3.05) is 33.2 Å². The van der Waals surface area contributed by atoms with Crippen LogP contribution in [0.15, 0.2) is 29.2 Å². The maximum absolute atomic E-state index is 12.1. The SMILES string of the molecule is CN1CCN(C(=O)c2cccc(S)c2)CC1. The van der Waals surface area contributed by atoms with Crippen molar-refractivity contribution in [1.29, 1.82) is 0 Å². The lowest BCUT2D eigenvalue weighted by Gasteiger charge is -2.32. The lowest BCUT2D eigenvalue weighted by molar-refractivity contribution is 0.0664. The van der Waals surface area contributed by atoms with E-state index in [1.54, 1.807) is 0 Å². The van der Waals surface area contributed by atoms with Crippen LogP contribution in [0.1, 0.15) is 10.4 Å². The zero-order chi connectivity index (χ0) is 11.5. The van der Waals surface area contributed by atoms with Crippen molar-refractivity contribution >= 4 is 18.5 Å². The number of rotatable bonds is 1. The van der Waals surface area contributed by atoms with Gasteiger partial charge in [-0.2, -0.15) is 0 Å². The Balaban J connectivity index is 2.08. The number of benzene rings is 1. The molecule has 1 saturated heterocycles. The molecule has 1 heterocycles. The molecule has 0 N–H and O–H groups in total. The van der Waals surface area contributed by atoms with Crippen LogP contribution in [0.2, 0.25) is 0 Å². The van der Waals surface area contributed by atoms with Crippen molar-refractivity contribution < 1.29 is 4.79 Å². The smallest absolute Gasteiger partial charge is 0.253 e. The summed E-state index contributed by atoms with van der Waals surface area (Å²) in [5.41, 5.74) is 0.733. The summed E-state index contributed by atoms with van der Waals surface area (Å²) in [5.74, 6) is 0.115. The van der Waals surface area contributed by atoms with Crippen LogP contribution in [0.4, 0.5) is 0 Å². The fourth-order valence-corrected chi connectivity index (χ4v) is 2.06. The highest BCUT2D eigenvalue weighted by molar-refractivity contribution is 7.80. The zero-order valence-electron chi connectivity index (χ0n) is 9.39. The summed E-state index contributed by atoms with van der Waals surface area (Å²) in [6.07, 6.45) is 0. The van der Waals surface area contributed by atoms with E-state index in [1.165, 1.54) is 0 Å². The molecule has 1 aromatic carbocycles. The first-order chi connectivity index (χ1) is 7.66. The van der Waals surface area contributed by atoms with Gasteiger partial charge in [-0.25, -0.2) is 0 Å². The number of amides is 1. The van der Waals surface area contributed by atoms with Crippen LogP contribution < -0.4 is 0 Å². The number of hydrogen-bond donors (Lipinski definition) is 1. The number of likely N-dealkylation sites (N-methyl/N-ethyl adjacent to an activating group) is 1. The van der Waals surface area contributed by atoms with E-state index in [1.807, 2.05) is 29.2 Å². The van der Waals surface area contributed by atoms with Crippen molar-refractivity contribution in [3.05, 3.63) is 29.8 Å². The quantitative estimate of drug-likeness (QED) is 0.744. The monoisotopic (exact) mass is 236 g/mol. The van der Waals surface area contributed by atoms with Crippen LogP contribution >= 0.6 is 12.6 Å². The van der Waals surface area contributed by atoms with Gasteiger partial charge in [-0.15, -0.1) is 12.6 Å². The van der Waals surface area contributed by atoms with Gasteiger partial charge >= 0.3 is 0 Å². The summed E-state index contributed by atoms with van der Waals surface area (Å²) in [6.45, 7) is 3.52. The number of piperazine rings is 1. The maximum atomic E-state index is 12.1. The normalized spacial score (nSPS) is 17.5. The summed E-state index contributed by atoms with van der Waals surface area (Å²) in [6, 6.07) is 7.42. The van der Waals surface area contributed by atoms with Gasteiger partial charge in [-0.05, 0) is 25.2 Å². The summed E-state index contributed by atoms with van der Waals surface area (Å²) in [7, 11) is 2.08. The van der Waals surface area contributed by atoms with Crippen molar-refractivity contribution in [2.45, 2.75) is 4.90 Å². The molecule has 1 amide bonds. The highest BCUT2D eigenvalue weighted by Gasteiger charge is 2.19. The molecule has 1 aromatic rings. The molecule has 1 aliphatic heterocycles. The van der Waals surface area contributed by atoms with Crippen LogP contribution in [0.3, 0.4) is 0 Å². The third-order valence-corrected chi connectivity index (χ3v) is 3.16. The first kappa shape index (κ1) is 11.5. The van der Waals surface area contributed by atoms with E-state index in [9.17, 15) is 4.79 Å². The van der Waals surface area contributed by atoms with E-state index >= 15 is 0 Å². The Morgan fingerprint density at radius 2 is 1.94 bits per heavy atom. The fourth-order valence-electron chi connectivity index (χ4n) is 1.83. The number of thiol groups is 1. The van der Waals surface area contributed by atoms with Gasteiger partial charge in [-0.3, -0.25) is 4.79 Å². The molecule has 0 unspecified atom stereocenters. The predicted octanol–water partition coefficient (Wildman–Crippen LogP) is 1.36. The van der Waals surface area contributed by atoms with Crippen LogP contribution in [0.25, 0.3) is 0 Å². The van der Waals surface area contributed by atoms with Crippen LogP contribution in [-0.2, 0) is 0 Å². The van der Waals surface area contributed by atoms with E-state index in [0.717, 1.165) is 36.6 Å². The minimum Gasteiger partial charge on any atom is -0.336 e. The number of nitrogens with zero attached hydrogens (tertiary/aromatic N) is 2. The van der Waals surface area contributed by atoms with Crippen molar-refractivity contribution in [3.63, 3.8) is 0 Å². The molecule has 2 rings (SSSR count). The highest BCUT2D eigenvalue weighted by Crippen LogP contribution is 2.12. The molecule has 0 radical (unpaired) electrons. The summed E-state index contributed by atoms with van der Waals surface area (Å²) in [5, 5.41) is 0. The molecule has 4 heteroatoms. The third kappa shape index (κ3) is 2.57. The van der Waals surface area contributed by atoms with Crippen LogP contribution in [0, 0.1) is 0 Å². The summed E-state index contributed by atoms with van der Waals surface area (Å²) >= 11 is 4.25. The second-order valence-electron chi connectivity index (χ2n) is 4.15. The highest BCUT2D eigenvalue weighted by atomic mass is 32.1. The zero-order valence-corrected chi connectivity index (χ0v) is 10.3. The van der Waals surface area contributed by atoms with Gasteiger partial charge in [0, 0.05) is 36.6 Å². The molecule has 0 aromatic heterocycles. The van der Waals surface area contributed by atoms with Crippen molar-refractivity contribution in [2.24, 2.45) is 0 Å². The molecular formula is C12H16N2OS. The molecule has 3 nitrogen and oxygen atoms in total. The van der Waals surface area contributed by atoms with E-state index in [0.29, 0.717) is 0 Å². The molecule has 1 aliphatic rings. The second-order valence-corrected chi connectivity index (χ2v) is 4.66. The molecule has 0 atom stereocenters. The molecule has 0 spiro atoms. The standard InChI is InChI=1S/C12H16N2OS/c1-13-5-7-14(8-6-13)12(15)10-3-2-4-11(16)9-10/h2-4,9,16H,5-8H2,1H3. The van der Waals surface area contributed by atoms with Gasteiger partial charge in [0.25, 0.3) is 5.91 Å². The average molecular weight is 236 g/mol. The third-order valence-electron chi connectivity index (χ3n) is 2.88. The molecule has 86 valence electrons. The van der Waals surface area contributed by atoms with Gasteiger partial charge in [0.1, 0.15) is 0 Å². The predicted molar refractivity (Wildman–Crippen MR) is 67.1 cm³/mol. The van der Waals surface area contributed by atoms with Crippen molar-refractivity contribution in [3.8, 4) is 0 Å². The lowest BCUT2D eigenvalue weighted by atomic mass is 10.2. The Morgan fingerprint density at radius 1 is 1.25 bits per heavy atom. The first-order valence-corrected chi connectivity index (χ1v) is 5.88. The topological polar surface area (TPSA) is 23.6 Å². The van der Waals surface area contributed by atoms with Crippen molar-refractivity contribution in [1.82, 2.24) is 9.80 Å². The molecule has 1 fully saturated rings. The molecular weight excluding hydrogens is 220 g/mol. The average Bonchev–Trinajstić information content (AvgIpc) is 2.29. The van der Waals surface area contributed by atoms with E-state index in [2.05, 4.69) is 24.6 Å². The van der Waals surface area contributed by atoms with E-state index < -0.39 is 0 Å². The maximum Gasteiger partial charge on any atom is 0.253 e. The van der Waals surface area contributed by atoms with Gasteiger partial charge in [-0.1, -0.05) is 6.07 Å². The van der Waals surface area contributed by atoms with Gasteiger partial charge in [0.15, 0.2) is 0 Å². The molecule has 0 bridgehead atoms. The van der Waals surface area contributed by atoms with Crippen LogP contribution in [0.5, 0.6) is 0 Å². The summed E-state index contributed by atoms with van der Waals surface area (Å²) in [4.78, 5) is 17.1. The number of hydrogen-bond acceptors (Lipinski definition) is 3. The fraction of sp³-hybridized carbons (Fsp3) is 0.417. The Bertz CT molecular complexity index is 386. The molecule has 0 saturated carbocycles. The Labute approximate surface area is 101 Å². The van der Waals surface area contributed by atoms with Gasteiger partial charge in [0.05, 0.1) is 0 Å². The first-order valence-electron chi connectivity index (χ1n) is 5.43. The summed E-state index contributed by atoms with van der Waals surface area (Å²) < 4.78 is 0. The van der Waals surface area contributed by atoms with E-state index in [-0.39, 0.29) is 5.91 Å². The minimum absolute atomic E-state index is 0.115. The van der Waals surface area contributed by atoms with Crippen LogP contribution in [-0.4, -0.2) is 48.9 Å². The minimum atomic E-state index is 0.115. The Morgan fingerprint density at radius 3 is 2.56 bits per heavy atom. The second kappa shape index (κ2) is 4.89. The lowest BCUT2D eigenvalue weighted by Crippen LogP contribution is -2.47. The van der Waals surface area contributed by atoms with Gasteiger partial charge < -0.3 is 9.80 Å². The number of carbonyl (C=O) groups is 1. The van der Waals surface area contributed by atoms with E-state index in [4.69, 9.17) is 0 Å². The van der Waals surface area contributed by atoms with Gasteiger partial charge in [0.2, 0.25) is 0 Å². The molecule has 0 aliphatic carbocycles. The largest absolute Gasteiger partial charge is 0.336 e. The Hall–Kier alpha value is -1.00. The Kier molecular flexibility index (Phi) is 3.51. The number of carbonyl (C=O) groups excluding carboxylic acids is 1. The molecule has 16 heavy (non-hydrogen) atoms.